The van der Waals surface area contributed by atoms with E-state index in [0.29, 0.717) is 30.2 Å². The third-order valence-corrected chi connectivity index (χ3v) is 5.61. The van der Waals surface area contributed by atoms with Gasteiger partial charge in [0.15, 0.2) is 11.6 Å². The number of imidazole rings is 1. The molecule has 0 radical (unpaired) electrons. The second kappa shape index (κ2) is 8.40. The summed E-state index contributed by atoms with van der Waals surface area (Å²) in [5, 5.41) is 4.48. The van der Waals surface area contributed by atoms with E-state index in [2.05, 4.69) is 20.1 Å². The number of aryl methyl sites for hydroxylation is 3. The van der Waals surface area contributed by atoms with E-state index in [1.807, 2.05) is 36.7 Å². The molecule has 0 amide bonds. The lowest BCUT2D eigenvalue weighted by atomic mass is 9.96. The third-order valence-electron chi connectivity index (χ3n) is 5.61. The standard InChI is InChI=1S/C25H21F3N6/c1-16-14-33(15-29-16)22-11-9-18(30-17(22)2)10-12-23-31-24-20(7-5-13-34(24)32-23)19-6-3-4-8-21(19)25(26,27)28/h3-4,6-12,14-15H,5,13H2,1-2H3/b12-10+. The summed E-state index contributed by atoms with van der Waals surface area (Å²) < 4.78 is 44.3. The highest BCUT2D eigenvalue weighted by Gasteiger charge is 2.35. The summed E-state index contributed by atoms with van der Waals surface area (Å²) in [6, 6.07) is 9.41. The molecule has 3 aromatic heterocycles. The molecular weight excluding hydrogens is 441 g/mol. The molecule has 0 unspecified atom stereocenters. The minimum atomic E-state index is -4.45. The summed E-state index contributed by atoms with van der Waals surface area (Å²) in [5.41, 5.74) is 3.30. The highest BCUT2D eigenvalue weighted by molar-refractivity contribution is 5.79. The summed E-state index contributed by atoms with van der Waals surface area (Å²) >= 11 is 0. The van der Waals surface area contributed by atoms with Crippen molar-refractivity contribution in [2.24, 2.45) is 0 Å². The molecule has 0 fully saturated rings. The maximum Gasteiger partial charge on any atom is 0.417 e. The molecule has 9 heteroatoms. The normalized spacial score (nSPS) is 13.9. The smallest absolute Gasteiger partial charge is 0.304 e. The van der Waals surface area contributed by atoms with Gasteiger partial charge in [-0.15, -0.1) is 0 Å². The molecule has 4 heterocycles. The number of halogens is 3. The monoisotopic (exact) mass is 462 g/mol. The minimum absolute atomic E-state index is 0.112. The van der Waals surface area contributed by atoms with Crippen molar-refractivity contribution < 1.29 is 13.2 Å². The van der Waals surface area contributed by atoms with E-state index in [4.69, 9.17) is 0 Å². The zero-order chi connectivity index (χ0) is 23.9. The van der Waals surface area contributed by atoms with E-state index in [0.717, 1.165) is 28.8 Å². The van der Waals surface area contributed by atoms with E-state index in [-0.39, 0.29) is 5.56 Å². The Morgan fingerprint density at radius 2 is 1.82 bits per heavy atom. The first-order valence-electron chi connectivity index (χ1n) is 10.8. The van der Waals surface area contributed by atoms with Gasteiger partial charge in [0.25, 0.3) is 0 Å². The number of fused-ring (bicyclic) bond motifs is 1. The van der Waals surface area contributed by atoms with Crippen molar-refractivity contribution in [3.63, 3.8) is 0 Å². The zero-order valence-corrected chi connectivity index (χ0v) is 18.6. The van der Waals surface area contributed by atoms with E-state index in [9.17, 15) is 13.2 Å². The van der Waals surface area contributed by atoms with Gasteiger partial charge in [-0.3, -0.25) is 4.98 Å². The first-order chi connectivity index (χ1) is 16.3. The summed E-state index contributed by atoms with van der Waals surface area (Å²) in [5.74, 6) is 0.846. The Kier molecular flexibility index (Phi) is 5.39. The molecule has 172 valence electrons. The van der Waals surface area contributed by atoms with Gasteiger partial charge in [0.05, 0.1) is 34.7 Å². The van der Waals surface area contributed by atoms with E-state index >= 15 is 0 Å². The summed E-state index contributed by atoms with van der Waals surface area (Å²) in [4.78, 5) is 13.4. The first kappa shape index (κ1) is 21.8. The number of pyridine rings is 1. The number of allylic oxidation sites excluding steroid dienone is 1. The highest BCUT2D eigenvalue weighted by atomic mass is 19.4. The number of hydrogen-bond donors (Lipinski definition) is 0. The van der Waals surface area contributed by atoms with E-state index in [1.165, 1.54) is 12.1 Å². The Balaban J connectivity index is 1.43. The van der Waals surface area contributed by atoms with Crippen molar-refractivity contribution in [1.29, 1.82) is 0 Å². The molecule has 1 aromatic carbocycles. The van der Waals surface area contributed by atoms with Gasteiger partial charge in [-0.1, -0.05) is 24.3 Å². The Bertz CT molecular complexity index is 1420. The molecule has 0 saturated carbocycles. The molecule has 0 aliphatic carbocycles. The molecule has 1 aliphatic heterocycles. The summed E-state index contributed by atoms with van der Waals surface area (Å²) in [7, 11) is 0. The predicted molar refractivity (Wildman–Crippen MR) is 123 cm³/mol. The molecule has 0 atom stereocenters. The Morgan fingerprint density at radius 1 is 1.00 bits per heavy atom. The lowest BCUT2D eigenvalue weighted by Crippen LogP contribution is -2.14. The van der Waals surface area contributed by atoms with Gasteiger partial charge in [-0.2, -0.15) is 18.3 Å². The van der Waals surface area contributed by atoms with Crippen molar-refractivity contribution in [1.82, 2.24) is 29.3 Å². The fraction of sp³-hybridized carbons (Fsp3) is 0.200. The van der Waals surface area contributed by atoms with Crippen LogP contribution in [0.2, 0.25) is 0 Å². The van der Waals surface area contributed by atoms with E-state index in [1.54, 1.807) is 35.3 Å². The van der Waals surface area contributed by atoms with Crippen molar-refractivity contribution >= 4 is 17.7 Å². The van der Waals surface area contributed by atoms with Crippen molar-refractivity contribution in [2.45, 2.75) is 33.0 Å². The van der Waals surface area contributed by atoms with Gasteiger partial charge in [-0.25, -0.2) is 14.6 Å². The second-order valence-electron chi connectivity index (χ2n) is 8.06. The van der Waals surface area contributed by atoms with Crippen LogP contribution < -0.4 is 0 Å². The van der Waals surface area contributed by atoms with Gasteiger partial charge in [0.1, 0.15) is 0 Å². The fourth-order valence-corrected chi connectivity index (χ4v) is 4.06. The Hall–Kier alpha value is -4.01. The molecule has 4 aromatic rings. The van der Waals surface area contributed by atoms with Crippen LogP contribution in [0.15, 0.2) is 55.0 Å². The second-order valence-corrected chi connectivity index (χ2v) is 8.06. The van der Waals surface area contributed by atoms with Gasteiger partial charge in [-0.05, 0) is 56.2 Å². The average molecular weight is 462 g/mol. The van der Waals surface area contributed by atoms with E-state index < -0.39 is 11.7 Å². The highest BCUT2D eigenvalue weighted by Crippen LogP contribution is 2.37. The number of aromatic nitrogens is 6. The van der Waals surface area contributed by atoms with Crippen LogP contribution in [-0.2, 0) is 12.7 Å². The van der Waals surface area contributed by atoms with Gasteiger partial charge in [0.2, 0.25) is 0 Å². The van der Waals surface area contributed by atoms with Gasteiger partial charge < -0.3 is 4.57 Å². The SMILES string of the molecule is Cc1cn(-c2ccc(/C=C/c3nc4n(n3)CCC=C4c3ccccc3C(F)(F)F)nc2C)cn1. The molecular formula is C25H21F3N6. The molecule has 6 nitrogen and oxygen atoms in total. The first-order valence-corrected chi connectivity index (χ1v) is 10.8. The zero-order valence-electron chi connectivity index (χ0n) is 18.6. The van der Waals surface area contributed by atoms with Crippen LogP contribution in [0.1, 0.15) is 46.3 Å². The number of benzene rings is 1. The third kappa shape index (κ3) is 4.16. The van der Waals surface area contributed by atoms with Crippen molar-refractivity contribution in [2.75, 3.05) is 0 Å². The summed E-state index contributed by atoms with van der Waals surface area (Å²) in [6.07, 6.45) is 5.12. The van der Waals surface area contributed by atoms with Crippen LogP contribution in [-0.4, -0.2) is 29.3 Å². The molecule has 34 heavy (non-hydrogen) atoms. The number of hydrogen-bond acceptors (Lipinski definition) is 4. The van der Waals surface area contributed by atoms with Crippen LogP contribution in [0.3, 0.4) is 0 Å². The summed E-state index contributed by atoms with van der Waals surface area (Å²) in [6.45, 7) is 4.41. The molecule has 0 bridgehead atoms. The van der Waals surface area contributed by atoms with Crippen LogP contribution >= 0.6 is 0 Å². The maximum absolute atomic E-state index is 13.6. The van der Waals surface area contributed by atoms with Gasteiger partial charge >= 0.3 is 6.18 Å². The average Bonchev–Trinajstić information content (AvgIpc) is 3.43. The molecule has 0 spiro atoms. The van der Waals surface area contributed by atoms with Crippen LogP contribution in [0.4, 0.5) is 13.2 Å². The molecule has 1 aliphatic rings. The fourth-order valence-electron chi connectivity index (χ4n) is 4.06. The lowest BCUT2D eigenvalue weighted by Gasteiger charge is -2.18. The topological polar surface area (TPSA) is 61.4 Å². The lowest BCUT2D eigenvalue weighted by molar-refractivity contribution is -0.137. The largest absolute Gasteiger partial charge is 0.417 e. The minimum Gasteiger partial charge on any atom is -0.304 e. The number of nitrogens with zero attached hydrogens (tertiary/aromatic N) is 6. The van der Waals surface area contributed by atoms with Crippen molar-refractivity contribution in [3.8, 4) is 5.69 Å². The van der Waals surface area contributed by atoms with Crippen LogP contribution in [0, 0.1) is 13.8 Å². The number of alkyl halides is 3. The van der Waals surface area contributed by atoms with Crippen LogP contribution in [0.5, 0.6) is 0 Å². The van der Waals surface area contributed by atoms with Crippen molar-refractivity contribution in [3.05, 3.63) is 94.9 Å². The van der Waals surface area contributed by atoms with Crippen LogP contribution in [0.25, 0.3) is 23.4 Å². The molecule has 0 saturated heterocycles. The molecule has 5 rings (SSSR count). The molecule has 0 N–H and O–H groups in total. The van der Waals surface area contributed by atoms with Gasteiger partial charge in [0, 0.05) is 18.3 Å². The Labute approximate surface area is 194 Å². The number of rotatable bonds is 4. The quantitative estimate of drug-likeness (QED) is 0.402. The maximum atomic E-state index is 13.6. The Morgan fingerprint density at radius 3 is 2.56 bits per heavy atom. The predicted octanol–water partition coefficient (Wildman–Crippen LogP) is 5.50.